The lowest BCUT2D eigenvalue weighted by molar-refractivity contribution is 0.464. The van der Waals surface area contributed by atoms with Crippen molar-refractivity contribution in [1.82, 2.24) is 9.29 Å². The minimum atomic E-state index is -3.46. The first-order valence-corrected chi connectivity index (χ1v) is 8.44. The first-order chi connectivity index (χ1) is 9.54. The molecule has 0 radical (unpaired) electrons. The Bertz CT molecular complexity index is 653. The predicted molar refractivity (Wildman–Crippen MR) is 80.0 cm³/mol. The zero-order valence-corrected chi connectivity index (χ0v) is 12.8. The van der Waals surface area contributed by atoms with Crippen LogP contribution in [0.5, 0.6) is 0 Å². The Morgan fingerprint density at radius 1 is 1.30 bits per heavy atom. The molecule has 0 saturated carbocycles. The van der Waals surface area contributed by atoms with Gasteiger partial charge in [0, 0.05) is 18.1 Å². The number of sulfonamides is 1. The molecule has 0 aromatic carbocycles. The van der Waals surface area contributed by atoms with Gasteiger partial charge in [-0.1, -0.05) is 6.07 Å². The maximum absolute atomic E-state index is 12.4. The van der Waals surface area contributed by atoms with Crippen molar-refractivity contribution >= 4 is 21.4 Å². The summed E-state index contributed by atoms with van der Waals surface area (Å²) in [7, 11) is -1.90. The molecule has 2 rings (SSSR count). The van der Waals surface area contributed by atoms with Gasteiger partial charge in [-0.2, -0.15) is 4.31 Å². The molecule has 7 heteroatoms. The van der Waals surface area contributed by atoms with Gasteiger partial charge in [0.1, 0.15) is 4.21 Å². The third-order valence-electron chi connectivity index (χ3n) is 2.80. The number of aromatic nitrogens is 1. The topological polar surface area (TPSA) is 76.3 Å². The van der Waals surface area contributed by atoms with Crippen molar-refractivity contribution in [2.75, 3.05) is 13.6 Å². The zero-order valence-electron chi connectivity index (χ0n) is 11.2. The Labute approximate surface area is 123 Å². The van der Waals surface area contributed by atoms with Gasteiger partial charge in [-0.15, -0.1) is 11.3 Å². The first-order valence-electron chi connectivity index (χ1n) is 6.19. The van der Waals surface area contributed by atoms with Gasteiger partial charge in [-0.3, -0.25) is 4.98 Å². The molecule has 0 saturated heterocycles. The van der Waals surface area contributed by atoms with E-state index in [4.69, 9.17) is 5.73 Å². The lowest BCUT2D eigenvalue weighted by Crippen LogP contribution is -2.26. The minimum absolute atomic E-state index is 0.257. The van der Waals surface area contributed by atoms with E-state index in [0.717, 1.165) is 10.6 Å². The zero-order chi connectivity index (χ0) is 14.6. The molecule has 5 nitrogen and oxygen atoms in total. The van der Waals surface area contributed by atoms with Crippen LogP contribution in [0, 0.1) is 0 Å². The van der Waals surface area contributed by atoms with Crippen LogP contribution >= 0.6 is 11.3 Å². The molecule has 0 bridgehead atoms. The van der Waals surface area contributed by atoms with Gasteiger partial charge in [0.2, 0.25) is 0 Å². The van der Waals surface area contributed by atoms with Gasteiger partial charge in [0.05, 0.1) is 12.2 Å². The highest BCUT2D eigenvalue weighted by atomic mass is 32.2. The SMILES string of the molecule is CN(Cc1ccccn1)S(=O)(=O)c1ccc(CCN)s1. The smallest absolute Gasteiger partial charge is 0.252 e. The lowest BCUT2D eigenvalue weighted by Gasteiger charge is -2.15. The molecule has 0 aliphatic heterocycles. The quantitative estimate of drug-likeness (QED) is 0.876. The monoisotopic (exact) mass is 311 g/mol. The summed E-state index contributed by atoms with van der Waals surface area (Å²) in [4.78, 5) is 5.12. The summed E-state index contributed by atoms with van der Waals surface area (Å²) < 4.78 is 26.5. The largest absolute Gasteiger partial charge is 0.330 e. The van der Waals surface area contributed by atoms with Crippen LogP contribution in [0.4, 0.5) is 0 Å². The van der Waals surface area contributed by atoms with Gasteiger partial charge in [-0.25, -0.2) is 8.42 Å². The van der Waals surface area contributed by atoms with E-state index in [2.05, 4.69) is 4.98 Å². The van der Waals surface area contributed by atoms with Crippen LogP contribution in [0.25, 0.3) is 0 Å². The maximum Gasteiger partial charge on any atom is 0.252 e. The second-order valence-electron chi connectivity index (χ2n) is 4.34. The van der Waals surface area contributed by atoms with E-state index < -0.39 is 10.0 Å². The molecule has 0 spiro atoms. The first kappa shape index (κ1) is 15.1. The van der Waals surface area contributed by atoms with Crippen LogP contribution in [0.3, 0.4) is 0 Å². The number of hydrogen-bond donors (Lipinski definition) is 1. The average Bonchev–Trinajstić information content (AvgIpc) is 2.89. The molecule has 0 aliphatic rings. The standard InChI is InChI=1S/C13H17N3O2S2/c1-16(10-11-4-2-3-9-15-11)20(17,18)13-6-5-12(19-13)7-8-14/h2-6,9H,7-8,10,14H2,1H3. The summed E-state index contributed by atoms with van der Waals surface area (Å²) in [6.45, 7) is 0.775. The van der Waals surface area contributed by atoms with Crippen LogP contribution in [-0.4, -0.2) is 31.3 Å². The van der Waals surface area contributed by atoms with E-state index in [1.54, 1.807) is 31.4 Å². The molecule has 2 aromatic rings. The van der Waals surface area contributed by atoms with Crippen molar-refractivity contribution in [2.45, 2.75) is 17.2 Å². The molecule has 0 fully saturated rings. The number of nitrogens with zero attached hydrogens (tertiary/aromatic N) is 2. The fraction of sp³-hybridized carbons (Fsp3) is 0.308. The Morgan fingerprint density at radius 2 is 2.10 bits per heavy atom. The van der Waals surface area contributed by atoms with Crippen molar-refractivity contribution in [2.24, 2.45) is 5.73 Å². The van der Waals surface area contributed by atoms with E-state index in [9.17, 15) is 8.42 Å². The number of thiophene rings is 1. The third kappa shape index (κ3) is 3.43. The molecule has 20 heavy (non-hydrogen) atoms. The Kier molecular flexibility index (Phi) is 4.87. The molecule has 0 atom stereocenters. The Hall–Kier alpha value is -1.28. The Balaban J connectivity index is 2.16. The molecule has 2 aromatic heterocycles. The summed E-state index contributed by atoms with van der Waals surface area (Å²) in [5.74, 6) is 0. The maximum atomic E-state index is 12.4. The summed E-state index contributed by atoms with van der Waals surface area (Å²) in [5, 5.41) is 0. The van der Waals surface area contributed by atoms with Gasteiger partial charge in [0.15, 0.2) is 0 Å². The number of hydrogen-bond acceptors (Lipinski definition) is 5. The minimum Gasteiger partial charge on any atom is -0.330 e. The summed E-state index contributed by atoms with van der Waals surface area (Å²) in [5.41, 5.74) is 6.20. The number of nitrogens with two attached hydrogens (primary N) is 1. The molecule has 2 heterocycles. The normalized spacial score (nSPS) is 11.9. The van der Waals surface area contributed by atoms with E-state index in [1.165, 1.54) is 15.6 Å². The second-order valence-corrected chi connectivity index (χ2v) is 7.78. The average molecular weight is 311 g/mol. The second kappa shape index (κ2) is 6.45. The van der Waals surface area contributed by atoms with E-state index in [-0.39, 0.29) is 6.54 Å². The van der Waals surface area contributed by atoms with Gasteiger partial charge < -0.3 is 5.73 Å². The van der Waals surface area contributed by atoms with Gasteiger partial charge in [0.25, 0.3) is 10.0 Å². The van der Waals surface area contributed by atoms with E-state index >= 15 is 0 Å². The lowest BCUT2D eigenvalue weighted by atomic mass is 10.3. The molecule has 108 valence electrons. The van der Waals surface area contributed by atoms with Gasteiger partial charge >= 0.3 is 0 Å². The van der Waals surface area contributed by atoms with Gasteiger partial charge in [-0.05, 0) is 37.2 Å². The van der Waals surface area contributed by atoms with Crippen molar-refractivity contribution in [3.8, 4) is 0 Å². The van der Waals surface area contributed by atoms with Crippen molar-refractivity contribution in [1.29, 1.82) is 0 Å². The number of rotatable bonds is 6. The summed E-state index contributed by atoms with van der Waals surface area (Å²) in [6.07, 6.45) is 2.35. The highest BCUT2D eigenvalue weighted by Crippen LogP contribution is 2.25. The predicted octanol–water partition coefficient (Wildman–Crippen LogP) is 1.47. The highest BCUT2D eigenvalue weighted by molar-refractivity contribution is 7.91. The van der Waals surface area contributed by atoms with E-state index in [1.807, 2.05) is 12.1 Å². The van der Waals surface area contributed by atoms with Crippen LogP contribution in [0.1, 0.15) is 10.6 Å². The number of pyridine rings is 1. The summed E-state index contributed by atoms with van der Waals surface area (Å²) >= 11 is 1.27. The molecule has 0 unspecified atom stereocenters. The van der Waals surface area contributed by atoms with Crippen LogP contribution in [0.15, 0.2) is 40.7 Å². The summed E-state index contributed by atoms with van der Waals surface area (Å²) in [6, 6.07) is 8.91. The van der Waals surface area contributed by atoms with Crippen LogP contribution in [-0.2, 0) is 23.0 Å². The van der Waals surface area contributed by atoms with Crippen molar-refractivity contribution in [3.63, 3.8) is 0 Å². The van der Waals surface area contributed by atoms with Crippen molar-refractivity contribution in [3.05, 3.63) is 47.1 Å². The molecule has 0 aliphatic carbocycles. The Morgan fingerprint density at radius 3 is 2.75 bits per heavy atom. The highest BCUT2D eigenvalue weighted by Gasteiger charge is 2.23. The van der Waals surface area contributed by atoms with Crippen LogP contribution < -0.4 is 5.73 Å². The van der Waals surface area contributed by atoms with Crippen molar-refractivity contribution < 1.29 is 8.42 Å². The van der Waals surface area contributed by atoms with Crippen LogP contribution in [0.2, 0.25) is 0 Å². The third-order valence-corrected chi connectivity index (χ3v) is 6.22. The molecule has 2 N–H and O–H groups in total. The van der Waals surface area contributed by atoms with E-state index in [0.29, 0.717) is 17.2 Å². The fourth-order valence-corrected chi connectivity index (χ4v) is 4.46. The molecular weight excluding hydrogens is 294 g/mol. The molecular formula is C13H17N3O2S2. The fourth-order valence-electron chi connectivity index (χ4n) is 1.73. The molecule has 0 amide bonds.